The monoisotopic (exact) mass is 180 g/mol. The molecule has 1 fully saturated rings. The number of hydrogen-bond acceptors (Lipinski definition) is 1. The minimum Gasteiger partial charge on any atom is -0.295 e. The van der Waals surface area contributed by atoms with Crippen molar-refractivity contribution in [1.29, 1.82) is 0 Å². The lowest BCUT2D eigenvalue weighted by atomic mass is 9.81. The third kappa shape index (κ3) is 3.33. The first-order valence-electron chi connectivity index (χ1n) is 5.48. The van der Waals surface area contributed by atoms with E-state index in [-0.39, 0.29) is 0 Å². The normalized spacial score (nSPS) is 16.5. The van der Waals surface area contributed by atoms with E-state index in [4.69, 9.17) is 0 Å². The van der Waals surface area contributed by atoms with Crippen LogP contribution < -0.4 is 0 Å². The van der Waals surface area contributed by atoms with Gasteiger partial charge in [-0.3, -0.25) is 4.79 Å². The molecule has 0 unspecified atom stereocenters. The molecule has 0 heterocycles. The lowest BCUT2D eigenvalue weighted by molar-refractivity contribution is -0.116. The number of allylic oxidation sites excluding steroid dienone is 2. The fraction of sp³-hybridized carbons (Fsp3) is 0.750. The lowest BCUT2D eigenvalue weighted by Crippen LogP contribution is -2.14. The molecule has 0 atom stereocenters. The van der Waals surface area contributed by atoms with Gasteiger partial charge in [0.05, 0.1) is 0 Å². The summed E-state index contributed by atoms with van der Waals surface area (Å²) in [5, 5.41) is 0. The summed E-state index contributed by atoms with van der Waals surface area (Å²) in [5.74, 6) is 1.06. The molecule has 0 amide bonds. The molecule has 1 saturated carbocycles. The maximum atomic E-state index is 11.5. The Hall–Kier alpha value is -0.590. The highest BCUT2D eigenvalue weighted by Crippen LogP contribution is 2.29. The number of rotatable bonds is 5. The van der Waals surface area contributed by atoms with Gasteiger partial charge in [0.15, 0.2) is 5.78 Å². The second-order valence-electron chi connectivity index (χ2n) is 3.98. The molecule has 1 rings (SSSR count). The molecule has 1 heteroatoms. The first-order chi connectivity index (χ1) is 6.26. The lowest BCUT2D eigenvalue weighted by Gasteiger charge is -2.23. The van der Waals surface area contributed by atoms with Gasteiger partial charge < -0.3 is 0 Å². The van der Waals surface area contributed by atoms with Crippen LogP contribution in [0.25, 0.3) is 0 Å². The van der Waals surface area contributed by atoms with E-state index in [1.54, 1.807) is 0 Å². The smallest absolute Gasteiger partial charge is 0.155 e. The number of ketones is 1. The SMILES string of the molecule is CCC(=CC(=O)CC1CCC1)CC. The van der Waals surface area contributed by atoms with Crippen LogP contribution in [0.2, 0.25) is 0 Å². The maximum Gasteiger partial charge on any atom is 0.155 e. The zero-order valence-corrected chi connectivity index (χ0v) is 8.81. The van der Waals surface area contributed by atoms with E-state index in [1.807, 2.05) is 6.08 Å². The molecule has 0 N–H and O–H groups in total. The molecule has 1 aliphatic carbocycles. The molecule has 0 saturated heterocycles. The van der Waals surface area contributed by atoms with Crippen LogP contribution in [-0.2, 0) is 4.79 Å². The Balaban J connectivity index is 2.33. The van der Waals surface area contributed by atoms with Crippen molar-refractivity contribution >= 4 is 5.78 Å². The summed E-state index contributed by atoms with van der Waals surface area (Å²) in [5.41, 5.74) is 1.30. The molecule has 0 spiro atoms. The van der Waals surface area contributed by atoms with Gasteiger partial charge in [0.1, 0.15) is 0 Å². The number of hydrogen-bond donors (Lipinski definition) is 0. The van der Waals surface area contributed by atoms with Crippen molar-refractivity contribution in [3.05, 3.63) is 11.6 Å². The third-order valence-electron chi connectivity index (χ3n) is 2.99. The Bertz CT molecular complexity index is 193. The molecule has 0 aromatic heterocycles. The van der Waals surface area contributed by atoms with Gasteiger partial charge in [0, 0.05) is 6.42 Å². The molecule has 1 aliphatic rings. The van der Waals surface area contributed by atoms with Crippen LogP contribution in [0.15, 0.2) is 11.6 Å². The van der Waals surface area contributed by atoms with E-state index in [0.29, 0.717) is 11.7 Å². The fourth-order valence-corrected chi connectivity index (χ4v) is 1.72. The molecular weight excluding hydrogens is 160 g/mol. The summed E-state index contributed by atoms with van der Waals surface area (Å²) in [6, 6.07) is 0. The molecule has 0 aliphatic heterocycles. The highest BCUT2D eigenvalue weighted by Gasteiger charge is 2.19. The Morgan fingerprint density at radius 1 is 1.31 bits per heavy atom. The highest BCUT2D eigenvalue weighted by molar-refractivity contribution is 5.90. The van der Waals surface area contributed by atoms with Crippen LogP contribution >= 0.6 is 0 Å². The van der Waals surface area contributed by atoms with Crippen molar-refractivity contribution in [2.45, 2.75) is 52.4 Å². The van der Waals surface area contributed by atoms with Gasteiger partial charge in [-0.25, -0.2) is 0 Å². The first-order valence-corrected chi connectivity index (χ1v) is 5.48. The summed E-state index contributed by atoms with van der Waals surface area (Å²) >= 11 is 0. The molecule has 74 valence electrons. The fourth-order valence-electron chi connectivity index (χ4n) is 1.72. The van der Waals surface area contributed by atoms with Crippen molar-refractivity contribution in [2.24, 2.45) is 5.92 Å². The first kappa shape index (κ1) is 10.5. The van der Waals surface area contributed by atoms with Gasteiger partial charge in [-0.1, -0.05) is 38.7 Å². The molecule has 1 nitrogen and oxygen atoms in total. The largest absolute Gasteiger partial charge is 0.295 e. The zero-order valence-electron chi connectivity index (χ0n) is 8.81. The Labute approximate surface area is 81.2 Å². The Kier molecular flexibility index (Phi) is 4.20. The minimum atomic E-state index is 0.350. The van der Waals surface area contributed by atoms with E-state index in [0.717, 1.165) is 19.3 Å². The Morgan fingerprint density at radius 3 is 2.31 bits per heavy atom. The van der Waals surface area contributed by atoms with Gasteiger partial charge in [0.2, 0.25) is 0 Å². The van der Waals surface area contributed by atoms with Crippen LogP contribution in [0.4, 0.5) is 0 Å². The third-order valence-corrected chi connectivity index (χ3v) is 2.99. The summed E-state index contributed by atoms with van der Waals surface area (Å²) in [6.07, 6.45) is 8.58. The molecule has 0 aromatic carbocycles. The molecular formula is C12H20O. The highest BCUT2D eigenvalue weighted by atomic mass is 16.1. The van der Waals surface area contributed by atoms with Crippen LogP contribution in [0.1, 0.15) is 52.4 Å². The molecule has 0 radical (unpaired) electrons. The number of carbonyl (C=O) groups excluding carboxylic acids is 1. The molecule has 0 aromatic rings. The van der Waals surface area contributed by atoms with Crippen molar-refractivity contribution in [2.75, 3.05) is 0 Å². The van der Waals surface area contributed by atoms with Crippen LogP contribution in [0, 0.1) is 5.92 Å². The second kappa shape index (κ2) is 5.21. The van der Waals surface area contributed by atoms with Crippen LogP contribution in [0.5, 0.6) is 0 Å². The van der Waals surface area contributed by atoms with E-state index in [1.165, 1.54) is 24.8 Å². The van der Waals surface area contributed by atoms with Gasteiger partial charge in [-0.05, 0) is 24.8 Å². The predicted molar refractivity (Wildman–Crippen MR) is 55.6 cm³/mol. The summed E-state index contributed by atoms with van der Waals surface area (Å²) in [4.78, 5) is 11.5. The molecule has 0 bridgehead atoms. The average Bonchev–Trinajstić information content (AvgIpc) is 2.07. The summed E-state index contributed by atoms with van der Waals surface area (Å²) < 4.78 is 0. The quantitative estimate of drug-likeness (QED) is 0.592. The summed E-state index contributed by atoms with van der Waals surface area (Å²) in [7, 11) is 0. The van der Waals surface area contributed by atoms with E-state index in [9.17, 15) is 4.79 Å². The van der Waals surface area contributed by atoms with E-state index < -0.39 is 0 Å². The van der Waals surface area contributed by atoms with E-state index in [2.05, 4.69) is 13.8 Å². The topological polar surface area (TPSA) is 17.1 Å². The van der Waals surface area contributed by atoms with Gasteiger partial charge in [-0.15, -0.1) is 0 Å². The Morgan fingerprint density at radius 2 is 1.92 bits per heavy atom. The second-order valence-corrected chi connectivity index (χ2v) is 3.98. The van der Waals surface area contributed by atoms with E-state index >= 15 is 0 Å². The standard InChI is InChI=1S/C12H20O/c1-3-10(4-2)8-12(13)9-11-6-5-7-11/h8,11H,3-7,9H2,1-2H3. The van der Waals surface area contributed by atoms with Gasteiger partial charge >= 0.3 is 0 Å². The molecule has 13 heavy (non-hydrogen) atoms. The number of carbonyl (C=O) groups is 1. The van der Waals surface area contributed by atoms with Crippen LogP contribution in [0.3, 0.4) is 0 Å². The minimum absolute atomic E-state index is 0.350. The van der Waals surface area contributed by atoms with Crippen molar-refractivity contribution in [1.82, 2.24) is 0 Å². The van der Waals surface area contributed by atoms with Gasteiger partial charge in [-0.2, -0.15) is 0 Å². The predicted octanol–water partition coefficient (Wildman–Crippen LogP) is 3.49. The zero-order chi connectivity index (χ0) is 9.68. The van der Waals surface area contributed by atoms with Gasteiger partial charge in [0.25, 0.3) is 0 Å². The average molecular weight is 180 g/mol. The maximum absolute atomic E-state index is 11.5. The van der Waals surface area contributed by atoms with Crippen molar-refractivity contribution in [3.63, 3.8) is 0 Å². The van der Waals surface area contributed by atoms with Crippen molar-refractivity contribution in [3.8, 4) is 0 Å². The van der Waals surface area contributed by atoms with Crippen LogP contribution in [-0.4, -0.2) is 5.78 Å². The van der Waals surface area contributed by atoms with Crippen molar-refractivity contribution < 1.29 is 4.79 Å². The summed E-state index contributed by atoms with van der Waals surface area (Å²) in [6.45, 7) is 4.23.